The van der Waals surface area contributed by atoms with Gasteiger partial charge < -0.3 is 5.32 Å². The highest BCUT2D eigenvalue weighted by Crippen LogP contribution is 2.36. The molecule has 0 unspecified atom stereocenters. The van der Waals surface area contributed by atoms with Crippen LogP contribution in [0.3, 0.4) is 0 Å². The molecule has 3 aromatic rings. The number of carbonyl (C=O) groups excluding carboxylic acids is 1. The summed E-state index contributed by atoms with van der Waals surface area (Å²) in [6.45, 7) is 0. The minimum Gasteiger partial charge on any atom is -0.348 e. The van der Waals surface area contributed by atoms with Gasteiger partial charge >= 0.3 is 0 Å². The Morgan fingerprint density at radius 3 is 2.44 bits per heavy atom. The molecule has 1 aliphatic rings. The number of amides is 1. The Morgan fingerprint density at radius 2 is 1.74 bits per heavy atom. The highest BCUT2D eigenvalue weighted by molar-refractivity contribution is 5.92. The number of halogens is 1. The third kappa shape index (κ3) is 3.65. The Kier molecular flexibility index (Phi) is 4.54. The van der Waals surface area contributed by atoms with Crippen molar-refractivity contribution in [2.45, 2.75) is 24.8 Å². The molecule has 1 amide bonds. The molecule has 6 heteroatoms. The van der Waals surface area contributed by atoms with Crippen LogP contribution >= 0.6 is 0 Å². The van der Waals surface area contributed by atoms with Crippen molar-refractivity contribution in [3.05, 3.63) is 94.2 Å². The van der Waals surface area contributed by atoms with E-state index in [9.17, 15) is 14.0 Å². The summed E-state index contributed by atoms with van der Waals surface area (Å²) >= 11 is 0. The fourth-order valence-electron chi connectivity index (χ4n) is 3.29. The molecule has 0 atom stereocenters. The molecule has 0 spiro atoms. The molecule has 2 aromatic carbocycles. The van der Waals surface area contributed by atoms with Crippen LogP contribution in [-0.4, -0.2) is 21.7 Å². The smallest absolute Gasteiger partial charge is 0.276 e. The fourth-order valence-corrected chi connectivity index (χ4v) is 3.29. The molecule has 0 aliphatic heterocycles. The normalized spacial score (nSPS) is 18.6. The van der Waals surface area contributed by atoms with Crippen molar-refractivity contribution in [1.82, 2.24) is 15.1 Å². The lowest BCUT2D eigenvalue weighted by atomic mass is 9.76. The van der Waals surface area contributed by atoms with E-state index in [4.69, 9.17) is 0 Å². The lowest BCUT2D eigenvalue weighted by molar-refractivity contribution is 0.0901. The minimum absolute atomic E-state index is 0.0309. The van der Waals surface area contributed by atoms with Gasteiger partial charge in [-0.1, -0.05) is 30.3 Å². The molecule has 27 heavy (non-hydrogen) atoms. The van der Waals surface area contributed by atoms with Crippen molar-refractivity contribution >= 4 is 5.91 Å². The van der Waals surface area contributed by atoms with Crippen molar-refractivity contribution in [2.75, 3.05) is 0 Å². The van der Waals surface area contributed by atoms with Crippen LogP contribution in [0.5, 0.6) is 0 Å². The number of rotatable bonds is 4. The Bertz CT molecular complexity index is 1010. The van der Waals surface area contributed by atoms with Gasteiger partial charge in [0.05, 0.1) is 5.69 Å². The monoisotopic (exact) mass is 363 g/mol. The summed E-state index contributed by atoms with van der Waals surface area (Å²) in [5.41, 5.74) is 1.23. The largest absolute Gasteiger partial charge is 0.348 e. The van der Waals surface area contributed by atoms with Crippen molar-refractivity contribution in [1.29, 1.82) is 0 Å². The second-order valence-electron chi connectivity index (χ2n) is 6.70. The number of hydrogen-bond donors (Lipinski definition) is 1. The van der Waals surface area contributed by atoms with Gasteiger partial charge in [-0.25, -0.2) is 9.07 Å². The van der Waals surface area contributed by atoms with Crippen LogP contribution < -0.4 is 10.7 Å². The zero-order valence-electron chi connectivity index (χ0n) is 14.5. The van der Waals surface area contributed by atoms with Crippen LogP contribution in [0, 0.1) is 5.82 Å². The number of carbonyl (C=O) groups is 1. The molecule has 0 radical (unpaired) electrons. The maximum absolute atomic E-state index is 13.1. The van der Waals surface area contributed by atoms with E-state index >= 15 is 0 Å². The highest BCUT2D eigenvalue weighted by Gasteiger charge is 2.32. The van der Waals surface area contributed by atoms with E-state index in [2.05, 4.69) is 22.5 Å². The molecule has 1 saturated carbocycles. The quantitative estimate of drug-likeness (QED) is 0.775. The number of nitrogens with one attached hydrogen (secondary N) is 1. The predicted octanol–water partition coefficient (Wildman–Crippen LogP) is 3.05. The van der Waals surface area contributed by atoms with Gasteiger partial charge in [0.2, 0.25) is 5.43 Å². The van der Waals surface area contributed by atoms with Gasteiger partial charge in [-0.2, -0.15) is 5.10 Å². The molecule has 0 bridgehead atoms. The van der Waals surface area contributed by atoms with Gasteiger partial charge in [0.15, 0.2) is 5.69 Å². The van der Waals surface area contributed by atoms with Crippen LogP contribution in [0.1, 0.15) is 34.8 Å². The van der Waals surface area contributed by atoms with Gasteiger partial charge in [-0.15, -0.1) is 0 Å². The van der Waals surface area contributed by atoms with Crippen molar-refractivity contribution in [3.8, 4) is 5.69 Å². The van der Waals surface area contributed by atoms with Crippen LogP contribution in [0.15, 0.2) is 71.7 Å². The van der Waals surface area contributed by atoms with E-state index in [1.807, 2.05) is 18.2 Å². The molecule has 1 aliphatic carbocycles. The van der Waals surface area contributed by atoms with E-state index < -0.39 is 11.3 Å². The summed E-state index contributed by atoms with van der Waals surface area (Å²) < 4.78 is 14.5. The zero-order valence-corrected chi connectivity index (χ0v) is 14.5. The number of benzene rings is 2. The average Bonchev–Trinajstić information content (AvgIpc) is 2.66. The molecule has 5 nitrogen and oxygen atoms in total. The fraction of sp³-hybridized carbons (Fsp3) is 0.190. The summed E-state index contributed by atoms with van der Waals surface area (Å²) in [6.07, 6.45) is 3.14. The Labute approximate surface area is 155 Å². The zero-order chi connectivity index (χ0) is 18.8. The van der Waals surface area contributed by atoms with E-state index in [1.54, 1.807) is 0 Å². The number of aromatic nitrogens is 2. The maximum Gasteiger partial charge on any atom is 0.276 e. The van der Waals surface area contributed by atoms with Crippen LogP contribution in [0.4, 0.5) is 4.39 Å². The predicted molar refractivity (Wildman–Crippen MR) is 99.5 cm³/mol. The van der Waals surface area contributed by atoms with Gasteiger partial charge in [0.25, 0.3) is 5.91 Å². The average molecular weight is 363 g/mol. The number of hydrogen-bond acceptors (Lipinski definition) is 3. The first-order valence-electron chi connectivity index (χ1n) is 8.82. The standard InChI is InChI=1S/C21H18FN3O2/c22-16-6-8-18(9-7-16)25-11-10-19(26)20(24-25)21(27)23-17-12-15(13-17)14-4-2-1-3-5-14/h1-11,15,17H,12-13H2,(H,23,27). The Hall–Kier alpha value is -3.28. The molecule has 1 fully saturated rings. The van der Waals surface area contributed by atoms with E-state index in [0.717, 1.165) is 12.8 Å². The van der Waals surface area contributed by atoms with E-state index in [-0.39, 0.29) is 17.6 Å². The highest BCUT2D eigenvalue weighted by atomic mass is 19.1. The minimum atomic E-state index is -0.479. The lowest BCUT2D eigenvalue weighted by Crippen LogP contribution is -2.45. The summed E-state index contributed by atoms with van der Waals surface area (Å²) in [5.74, 6) is -0.417. The first kappa shape index (κ1) is 17.1. The van der Waals surface area contributed by atoms with Gasteiger partial charge in [0.1, 0.15) is 5.82 Å². The summed E-state index contributed by atoms with van der Waals surface area (Å²) in [7, 11) is 0. The second kappa shape index (κ2) is 7.15. The molecular weight excluding hydrogens is 345 g/mol. The summed E-state index contributed by atoms with van der Waals surface area (Å²) in [4.78, 5) is 24.6. The van der Waals surface area contributed by atoms with E-state index in [0.29, 0.717) is 11.6 Å². The topological polar surface area (TPSA) is 64.0 Å². The van der Waals surface area contributed by atoms with E-state index in [1.165, 1.54) is 46.8 Å². The SMILES string of the molecule is O=C(NC1CC(c2ccccc2)C1)c1nn(-c2ccc(F)cc2)ccc1=O. The van der Waals surface area contributed by atoms with Crippen LogP contribution in [0.2, 0.25) is 0 Å². The molecule has 1 N–H and O–H groups in total. The Balaban J connectivity index is 1.45. The first-order chi connectivity index (χ1) is 13.1. The second-order valence-corrected chi connectivity index (χ2v) is 6.70. The third-order valence-electron chi connectivity index (χ3n) is 4.86. The summed E-state index contributed by atoms with van der Waals surface area (Å²) in [5, 5.41) is 7.02. The maximum atomic E-state index is 13.1. The molecule has 1 aromatic heterocycles. The Morgan fingerprint density at radius 1 is 1.04 bits per heavy atom. The molecule has 136 valence electrons. The molecule has 1 heterocycles. The van der Waals surface area contributed by atoms with Gasteiger partial charge in [-0.05, 0) is 48.6 Å². The van der Waals surface area contributed by atoms with Crippen LogP contribution in [-0.2, 0) is 0 Å². The van der Waals surface area contributed by atoms with Crippen molar-refractivity contribution in [3.63, 3.8) is 0 Å². The lowest BCUT2D eigenvalue weighted by Gasteiger charge is -2.36. The third-order valence-corrected chi connectivity index (χ3v) is 4.86. The molecular formula is C21H18FN3O2. The first-order valence-corrected chi connectivity index (χ1v) is 8.82. The molecule has 4 rings (SSSR count). The van der Waals surface area contributed by atoms with Gasteiger partial charge in [0, 0.05) is 18.3 Å². The van der Waals surface area contributed by atoms with Crippen molar-refractivity contribution < 1.29 is 9.18 Å². The van der Waals surface area contributed by atoms with Crippen molar-refractivity contribution in [2.24, 2.45) is 0 Å². The number of nitrogens with zero attached hydrogens (tertiary/aromatic N) is 2. The summed E-state index contributed by atoms with van der Waals surface area (Å²) in [6, 6.07) is 17.2. The van der Waals surface area contributed by atoms with Gasteiger partial charge in [-0.3, -0.25) is 9.59 Å². The van der Waals surface area contributed by atoms with Crippen LogP contribution in [0.25, 0.3) is 5.69 Å². The molecule has 0 saturated heterocycles.